The highest BCUT2D eigenvalue weighted by Crippen LogP contribution is 2.36. The quantitative estimate of drug-likeness (QED) is 0.263. The minimum Gasteiger partial charge on any atom is -0.337 e. The molecule has 0 aliphatic heterocycles. The van der Waals surface area contributed by atoms with Crippen molar-refractivity contribution in [3.05, 3.63) is 71.5 Å². The Labute approximate surface area is 205 Å². The summed E-state index contributed by atoms with van der Waals surface area (Å²) in [5.74, 6) is -0.106. The molecule has 0 bridgehead atoms. The fourth-order valence-corrected chi connectivity index (χ4v) is 5.25. The van der Waals surface area contributed by atoms with Gasteiger partial charge in [-0.15, -0.1) is 24.2 Å². The molecule has 4 rings (SSSR count). The first-order valence-electron chi connectivity index (χ1n) is 9.71. The van der Waals surface area contributed by atoms with Crippen molar-refractivity contribution in [1.29, 1.82) is 0 Å². The molecule has 0 radical (unpaired) electrons. The molecule has 0 atom stereocenters. The molecule has 2 aromatic carbocycles. The number of anilines is 1. The molecule has 1 amide bonds. The lowest BCUT2D eigenvalue weighted by atomic mass is 10.2. The molecule has 0 saturated heterocycles. The summed E-state index contributed by atoms with van der Waals surface area (Å²) in [6, 6.07) is 9.94. The summed E-state index contributed by atoms with van der Waals surface area (Å²) in [5, 5.41) is 1.28. The number of aryl methyl sites for hydroxylation is 2. The molecule has 4 aromatic rings. The van der Waals surface area contributed by atoms with Crippen molar-refractivity contribution in [3.63, 3.8) is 0 Å². The topological polar surface area (TPSA) is 51.0 Å². The number of rotatable bonds is 8. The molecule has 32 heavy (non-hydrogen) atoms. The average Bonchev–Trinajstić information content (AvgIpc) is 3.44. The van der Waals surface area contributed by atoms with Crippen LogP contribution in [0.25, 0.3) is 10.2 Å². The highest BCUT2D eigenvalue weighted by atomic mass is 35.5. The van der Waals surface area contributed by atoms with Crippen LogP contribution in [0.4, 0.5) is 9.52 Å². The van der Waals surface area contributed by atoms with Crippen molar-refractivity contribution in [3.8, 4) is 0 Å². The third kappa shape index (κ3) is 5.81. The maximum Gasteiger partial charge on any atom is 0.239 e. The number of nitrogens with zero attached hydrogens (tertiary/aromatic N) is 4. The van der Waals surface area contributed by atoms with Crippen LogP contribution in [0.3, 0.4) is 0 Å². The average molecular weight is 511 g/mol. The zero-order valence-electron chi connectivity index (χ0n) is 17.2. The molecule has 0 N–H and O–H groups in total. The van der Waals surface area contributed by atoms with Crippen molar-refractivity contribution >= 4 is 68.4 Å². The maximum absolute atomic E-state index is 13.2. The minimum absolute atomic E-state index is 0. The Kier molecular flexibility index (Phi) is 8.53. The fraction of sp³-hybridized carbons (Fsp3) is 0.227. The van der Waals surface area contributed by atoms with Crippen LogP contribution < -0.4 is 4.90 Å². The Balaban J connectivity index is 0.00000289. The number of imidazole rings is 1. The third-order valence-corrected chi connectivity index (χ3v) is 7.29. The van der Waals surface area contributed by atoms with E-state index in [1.807, 2.05) is 29.8 Å². The molecule has 0 fully saturated rings. The van der Waals surface area contributed by atoms with Crippen molar-refractivity contribution in [1.82, 2.24) is 14.5 Å². The Bertz CT molecular complexity index is 1140. The standard InChI is InChI=1S/C22H20ClFN4OS2.ClH/c1-15-3-8-18(23)21-20(15)26-22(31-21)28(11-2-10-27-12-9-25-14-27)19(29)13-30-17-6-4-16(24)5-7-17;/h3-9,12,14H,2,10-11,13H2,1H3;1H. The van der Waals surface area contributed by atoms with E-state index in [0.29, 0.717) is 16.7 Å². The van der Waals surface area contributed by atoms with Gasteiger partial charge in [-0.25, -0.2) is 14.4 Å². The molecule has 168 valence electrons. The van der Waals surface area contributed by atoms with Crippen LogP contribution in [0, 0.1) is 12.7 Å². The van der Waals surface area contributed by atoms with Crippen molar-refractivity contribution in [2.24, 2.45) is 0 Å². The van der Waals surface area contributed by atoms with E-state index in [1.54, 1.807) is 29.6 Å². The van der Waals surface area contributed by atoms with E-state index in [4.69, 9.17) is 16.6 Å². The van der Waals surface area contributed by atoms with Gasteiger partial charge >= 0.3 is 0 Å². The number of carbonyl (C=O) groups excluding carboxylic acids is 1. The first-order chi connectivity index (χ1) is 15.0. The van der Waals surface area contributed by atoms with E-state index in [1.165, 1.54) is 35.2 Å². The minimum atomic E-state index is -0.293. The summed E-state index contributed by atoms with van der Waals surface area (Å²) >= 11 is 9.19. The monoisotopic (exact) mass is 510 g/mol. The number of hydrogen-bond acceptors (Lipinski definition) is 5. The normalized spacial score (nSPS) is 10.8. The zero-order chi connectivity index (χ0) is 21.8. The summed E-state index contributed by atoms with van der Waals surface area (Å²) in [6.07, 6.45) is 6.15. The van der Waals surface area contributed by atoms with E-state index in [-0.39, 0.29) is 29.9 Å². The first-order valence-corrected chi connectivity index (χ1v) is 11.9. The van der Waals surface area contributed by atoms with Gasteiger partial charge in [0.25, 0.3) is 0 Å². The first kappa shape index (κ1) is 24.5. The van der Waals surface area contributed by atoms with Gasteiger partial charge in [0.1, 0.15) is 5.82 Å². The largest absolute Gasteiger partial charge is 0.337 e. The van der Waals surface area contributed by atoms with Crippen LogP contribution in [0.5, 0.6) is 0 Å². The molecule has 0 unspecified atom stereocenters. The van der Waals surface area contributed by atoms with E-state index in [9.17, 15) is 9.18 Å². The maximum atomic E-state index is 13.2. The summed E-state index contributed by atoms with van der Waals surface area (Å²) in [5.41, 5.74) is 1.85. The molecule has 0 aliphatic carbocycles. The van der Waals surface area contributed by atoms with Gasteiger partial charge < -0.3 is 4.57 Å². The molecule has 2 aromatic heterocycles. The van der Waals surface area contributed by atoms with Gasteiger partial charge in [0, 0.05) is 30.4 Å². The van der Waals surface area contributed by atoms with E-state index in [0.717, 1.165) is 33.6 Å². The number of amides is 1. The number of aromatic nitrogens is 3. The van der Waals surface area contributed by atoms with Crippen molar-refractivity contribution in [2.45, 2.75) is 24.8 Å². The molecule has 2 heterocycles. The van der Waals surface area contributed by atoms with Gasteiger partial charge in [-0.3, -0.25) is 9.69 Å². The number of hydrogen-bond donors (Lipinski definition) is 0. The van der Waals surface area contributed by atoms with Crippen molar-refractivity contribution < 1.29 is 9.18 Å². The molecule has 0 spiro atoms. The summed E-state index contributed by atoms with van der Waals surface area (Å²) < 4.78 is 16.0. The number of halogens is 3. The van der Waals surface area contributed by atoms with E-state index >= 15 is 0 Å². The second-order valence-corrected chi connectivity index (χ2v) is 9.41. The van der Waals surface area contributed by atoms with E-state index < -0.39 is 0 Å². The van der Waals surface area contributed by atoms with Crippen LogP contribution in [-0.2, 0) is 11.3 Å². The van der Waals surface area contributed by atoms with Gasteiger partial charge in [-0.1, -0.05) is 29.0 Å². The van der Waals surface area contributed by atoms with Gasteiger partial charge in [0.15, 0.2) is 5.13 Å². The fourth-order valence-electron chi connectivity index (χ4n) is 3.12. The third-order valence-electron chi connectivity index (χ3n) is 4.75. The van der Waals surface area contributed by atoms with Crippen LogP contribution in [0.15, 0.2) is 60.0 Å². The van der Waals surface area contributed by atoms with Crippen LogP contribution in [0.2, 0.25) is 5.02 Å². The molecule has 0 saturated carbocycles. The highest BCUT2D eigenvalue weighted by Gasteiger charge is 2.21. The Hall–Kier alpha value is -2.13. The molecule has 5 nitrogen and oxygen atoms in total. The Morgan fingerprint density at radius 1 is 1.25 bits per heavy atom. The van der Waals surface area contributed by atoms with Crippen LogP contribution in [0.1, 0.15) is 12.0 Å². The lowest BCUT2D eigenvalue weighted by molar-refractivity contribution is -0.116. The lowest BCUT2D eigenvalue weighted by Gasteiger charge is -2.20. The van der Waals surface area contributed by atoms with Gasteiger partial charge in [0.05, 0.1) is 27.3 Å². The predicted molar refractivity (Wildman–Crippen MR) is 133 cm³/mol. The number of thiazole rings is 1. The smallest absolute Gasteiger partial charge is 0.239 e. The Morgan fingerprint density at radius 2 is 2.03 bits per heavy atom. The lowest BCUT2D eigenvalue weighted by Crippen LogP contribution is -2.33. The second-order valence-electron chi connectivity index (χ2n) is 6.98. The zero-order valence-corrected chi connectivity index (χ0v) is 20.4. The van der Waals surface area contributed by atoms with Crippen LogP contribution >= 0.6 is 47.1 Å². The number of benzene rings is 2. The highest BCUT2D eigenvalue weighted by molar-refractivity contribution is 8.00. The number of thioether (sulfide) groups is 1. The van der Waals surface area contributed by atoms with Gasteiger partial charge in [-0.2, -0.15) is 0 Å². The molecule has 0 aliphatic rings. The van der Waals surface area contributed by atoms with Crippen LogP contribution in [-0.4, -0.2) is 32.7 Å². The number of carbonyl (C=O) groups is 1. The molecular weight excluding hydrogens is 490 g/mol. The second kappa shape index (κ2) is 11.1. The Morgan fingerprint density at radius 3 is 2.72 bits per heavy atom. The molecule has 10 heteroatoms. The van der Waals surface area contributed by atoms with Gasteiger partial charge in [-0.05, 0) is 49.2 Å². The summed E-state index contributed by atoms with van der Waals surface area (Å²) in [4.78, 5) is 24.5. The predicted octanol–water partition coefficient (Wildman–Crippen LogP) is 6.23. The SMILES string of the molecule is Cc1ccc(Cl)c2sc(N(CCCn3ccnc3)C(=O)CSc3ccc(F)cc3)nc12.Cl. The van der Waals surface area contributed by atoms with Gasteiger partial charge in [0.2, 0.25) is 5.91 Å². The van der Waals surface area contributed by atoms with Crippen molar-refractivity contribution in [2.75, 3.05) is 17.2 Å². The number of fused-ring (bicyclic) bond motifs is 1. The summed E-state index contributed by atoms with van der Waals surface area (Å²) in [6.45, 7) is 3.26. The van der Waals surface area contributed by atoms with E-state index in [2.05, 4.69) is 4.98 Å². The summed E-state index contributed by atoms with van der Waals surface area (Å²) in [7, 11) is 0. The molecular formula is C22H21Cl2FN4OS2.